The second kappa shape index (κ2) is 8.21. The minimum atomic E-state index is -0.981. The van der Waals surface area contributed by atoms with Gasteiger partial charge in [0, 0.05) is 0 Å². The van der Waals surface area contributed by atoms with Crippen LogP contribution in [0.1, 0.15) is 0 Å². The van der Waals surface area contributed by atoms with E-state index < -0.39 is 8.07 Å². The van der Waals surface area contributed by atoms with Gasteiger partial charge in [0.1, 0.15) is 0 Å². The van der Waals surface area contributed by atoms with E-state index in [2.05, 4.69) is 59.2 Å². The molecule has 0 heterocycles. The van der Waals surface area contributed by atoms with Gasteiger partial charge in [-0.3, -0.25) is 0 Å². The monoisotopic (exact) mass is 284 g/mol. The third-order valence-electron chi connectivity index (χ3n) is 1.53. The molecule has 0 aromatic carbocycles. The van der Waals surface area contributed by atoms with Gasteiger partial charge in [-0.25, -0.2) is 0 Å². The molecule has 0 unspecified atom stereocenters. The topological polar surface area (TPSA) is 0 Å². The van der Waals surface area contributed by atoms with Crippen LogP contribution >= 0.6 is 0 Å². The zero-order valence-corrected chi connectivity index (χ0v) is 11.2. The summed E-state index contributed by atoms with van der Waals surface area (Å²) in [6.07, 6.45) is 10.2. The molecule has 0 atom stereocenters. The van der Waals surface area contributed by atoms with Gasteiger partial charge in [-0.05, 0) is 51.5 Å². The number of hydrogen-bond acceptors (Lipinski definition) is 0. The number of hydrogen-bond donors (Lipinski definition) is 0. The van der Waals surface area contributed by atoms with Gasteiger partial charge in [0.15, 0.2) is 0 Å². The Kier molecular flexibility index (Phi) is 10.3. The first-order valence-corrected chi connectivity index (χ1v) is 7.64. The molecule has 0 nitrogen and oxygen atoms in total. The van der Waals surface area contributed by atoms with Crippen molar-refractivity contribution in [2.24, 2.45) is 0 Å². The van der Waals surface area contributed by atoms with Gasteiger partial charge in [0.2, 0.25) is 0 Å². The van der Waals surface area contributed by atoms with Crippen molar-refractivity contribution in [2.45, 2.75) is 19.6 Å². The molecule has 13 heavy (non-hydrogen) atoms. The van der Waals surface area contributed by atoms with Crippen molar-refractivity contribution in [1.29, 1.82) is 0 Å². The van der Waals surface area contributed by atoms with Crippen molar-refractivity contribution in [1.82, 2.24) is 0 Å². The van der Waals surface area contributed by atoms with Gasteiger partial charge in [-0.2, -0.15) is 0 Å². The minimum absolute atomic E-state index is 0. The van der Waals surface area contributed by atoms with Crippen LogP contribution in [0.5, 0.6) is 0 Å². The quantitative estimate of drug-likeness (QED) is 0.649. The maximum Gasteiger partial charge on any atom is 2.00 e. The first kappa shape index (κ1) is 16.3. The van der Waals surface area contributed by atoms with E-state index >= 15 is 0 Å². The minimum Gasteiger partial charge on any atom is -0.0691 e. The van der Waals surface area contributed by atoms with Crippen molar-refractivity contribution >= 4 is 8.07 Å². The molecule has 1 aliphatic rings. The van der Waals surface area contributed by atoms with E-state index in [1.807, 2.05) is 0 Å². The van der Waals surface area contributed by atoms with Gasteiger partial charge in [-0.15, -0.1) is 0 Å². The van der Waals surface area contributed by atoms with Gasteiger partial charge in [-0.1, -0.05) is 19.6 Å². The SMILES string of the molecule is C[Si](C)(C)[C]1[CH][CH][CH][CH]1.[CH2][CH][CH2].[Pd+2]. The molecule has 8 radical (unpaired) electrons. The average molecular weight is 285 g/mol. The molecule has 0 aromatic heterocycles. The Morgan fingerprint density at radius 3 is 1.54 bits per heavy atom. The smallest absolute Gasteiger partial charge is 0.0691 e. The van der Waals surface area contributed by atoms with Gasteiger partial charge >= 0.3 is 20.4 Å². The summed E-state index contributed by atoms with van der Waals surface area (Å²) < 4.78 is 0. The summed E-state index contributed by atoms with van der Waals surface area (Å²) in [5.74, 6) is 0. The molecule has 0 aliphatic heterocycles. The Morgan fingerprint density at radius 1 is 1.08 bits per heavy atom. The summed E-state index contributed by atoms with van der Waals surface area (Å²) in [6, 6.07) is 0. The molecule has 0 bridgehead atoms. The second-order valence-electron chi connectivity index (χ2n) is 3.71. The van der Waals surface area contributed by atoms with Crippen molar-refractivity contribution in [2.75, 3.05) is 0 Å². The van der Waals surface area contributed by atoms with Crippen LogP contribution in [0.25, 0.3) is 0 Å². The van der Waals surface area contributed by atoms with E-state index in [1.54, 1.807) is 5.54 Å². The molecule has 0 saturated heterocycles. The van der Waals surface area contributed by atoms with E-state index in [9.17, 15) is 0 Å². The molecule has 0 N–H and O–H groups in total. The van der Waals surface area contributed by atoms with E-state index in [-0.39, 0.29) is 20.4 Å². The largest absolute Gasteiger partial charge is 2.00 e. The fourth-order valence-corrected chi connectivity index (χ4v) is 2.07. The predicted molar refractivity (Wildman–Crippen MR) is 58.8 cm³/mol. The maximum absolute atomic E-state index is 3.25. The van der Waals surface area contributed by atoms with Crippen LogP contribution in [0.2, 0.25) is 19.6 Å². The first-order chi connectivity index (χ1) is 5.52. The van der Waals surface area contributed by atoms with Gasteiger partial charge < -0.3 is 0 Å². The fraction of sp³-hybridized carbons (Fsp3) is 0.273. The van der Waals surface area contributed by atoms with E-state index in [0.29, 0.717) is 0 Å². The van der Waals surface area contributed by atoms with Crippen molar-refractivity contribution < 1.29 is 20.4 Å². The molecule has 1 saturated carbocycles. The zero-order chi connectivity index (χ0) is 9.61. The zero-order valence-electron chi connectivity index (χ0n) is 8.62. The molecule has 1 aliphatic carbocycles. The average Bonchev–Trinajstić information content (AvgIpc) is 2.36. The molecule has 0 amide bonds. The molecule has 74 valence electrons. The standard InChI is InChI=1S/C8H13Si.C3H5.Pd/c1-9(2,3)8-6-4-5-7-8;1-3-2;/h4-7H,1-3H3;3H,1-2H2;/q;;+2. The predicted octanol–water partition coefficient (Wildman–Crippen LogP) is 3.13. The summed E-state index contributed by atoms with van der Waals surface area (Å²) >= 11 is 0. The van der Waals surface area contributed by atoms with E-state index in [1.165, 1.54) is 6.42 Å². The van der Waals surface area contributed by atoms with Crippen LogP contribution in [-0.4, -0.2) is 8.07 Å². The third-order valence-corrected chi connectivity index (χ3v) is 3.59. The Bertz CT molecular complexity index is 101. The molecule has 1 fully saturated rings. The Balaban J connectivity index is 0. The van der Waals surface area contributed by atoms with E-state index in [0.717, 1.165) is 0 Å². The van der Waals surface area contributed by atoms with Crippen LogP contribution in [0.15, 0.2) is 0 Å². The molecule has 0 spiro atoms. The fourth-order valence-electron chi connectivity index (χ4n) is 0.874. The molecule has 0 aromatic rings. The summed E-state index contributed by atoms with van der Waals surface area (Å²) in [7, 11) is -0.981. The normalized spacial score (nSPS) is 17.3. The van der Waals surface area contributed by atoms with Crippen molar-refractivity contribution in [3.8, 4) is 0 Å². The van der Waals surface area contributed by atoms with Crippen LogP contribution in [0, 0.1) is 51.5 Å². The molecule has 1 rings (SSSR count). The Morgan fingerprint density at radius 2 is 1.38 bits per heavy atom. The van der Waals surface area contributed by atoms with Gasteiger partial charge in [0.25, 0.3) is 0 Å². The Hall–Kier alpha value is 0.879. The third kappa shape index (κ3) is 7.91. The second-order valence-corrected chi connectivity index (χ2v) is 8.79. The number of rotatable bonds is 1. The molecule has 2 heteroatoms. The molecular formula is C11H18PdSi+2. The summed E-state index contributed by atoms with van der Waals surface area (Å²) in [5.41, 5.74) is 1.56. The van der Waals surface area contributed by atoms with Crippen LogP contribution in [-0.2, 0) is 20.4 Å². The van der Waals surface area contributed by atoms with Crippen molar-refractivity contribution in [3.63, 3.8) is 0 Å². The Labute approximate surface area is 99.5 Å². The summed E-state index contributed by atoms with van der Waals surface area (Å²) in [6.45, 7) is 13.6. The summed E-state index contributed by atoms with van der Waals surface area (Å²) in [4.78, 5) is 0. The van der Waals surface area contributed by atoms with Crippen LogP contribution in [0.3, 0.4) is 0 Å². The van der Waals surface area contributed by atoms with E-state index in [4.69, 9.17) is 0 Å². The molecular weight excluding hydrogens is 267 g/mol. The first-order valence-electron chi connectivity index (χ1n) is 4.14. The maximum atomic E-state index is 3.25. The van der Waals surface area contributed by atoms with Crippen LogP contribution < -0.4 is 0 Å². The van der Waals surface area contributed by atoms with Crippen molar-refractivity contribution in [3.05, 3.63) is 51.5 Å². The summed E-state index contributed by atoms with van der Waals surface area (Å²) in [5, 5.41) is 0. The van der Waals surface area contributed by atoms with Gasteiger partial charge in [0.05, 0.1) is 8.07 Å². The van der Waals surface area contributed by atoms with Crippen LogP contribution in [0.4, 0.5) is 0 Å².